The van der Waals surface area contributed by atoms with Gasteiger partial charge < -0.3 is 15.2 Å². The molecule has 2 rings (SSSR count). The largest absolute Gasteiger partial charge is 0.384 e. The predicted octanol–water partition coefficient (Wildman–Crippen LogP) is 1.70. The molecule has 1 heterocycles. The van der Waals surface area contributed by atoms with Crippen LogP contribution in [0.1, 0.15) is 24.0 Å². The zero-order valence-electron chi connectivity index (χ0n) is 11.6. The highest BCUT2D eigenvalue weighted by molar-refractivity contribution is 5.93. The fourth-order valence-electron chi connectivity index (χ4n) is 2.16. The minimum atomic E-state index is -0.172. The fourth-order valence-corrected chi connectivity index (χ4v) is 2.16. The van der Waals surface area contributed by atoms with E-state index in [1.165, 1.54) is 0 Å². The lowest BCUT2D eigenvalue weighted by atomic mass is 10.0. The number of aryl methyl sites for hydroxylation is 1. The molecule has 4 nitrogen and oxygen atoms in total. The first-order valence-electron chi connectivity index (χ1n) is 6.79. The van der Waals surface area contributed by atoms with Crippen LogP contribution in [0.5, 0.6) is 0 Å². The standard InChI is InChI=1S/C16H19NO3/c1-12-6-7-13(4-2-8-18)10-15(12)17-16(19)14-5-3-9-20-11-14/h6-7,10,14,18H,3,5,8-9,11H2,1H3,(H,17,19). The van der Waals surface area contributed by atoms with Gasteiger partial charge in [-0.3, -0.25) is 4.79 Å². The molecule has 1 aromatic rings. The maximum Gasteiger partial charge on any atom is 0.229 e. The summed E-state index contributed by atoms with van der Waals surface area (Å²) in [4.78, 5) is 12.2. The van der Waals surface area contributed by atoms with Crippen molar-refractivity contribution in [3.05, 3.63) is 29.3 Å². The first-order valence-corrected chi connectivity index (χ1v) is 6.79. The summed E-state index contributed by atoms with van der Waals surface area (Å²) in [7, 11) is 0. The van der Waals surface area contributed by atoms with E-state index < -0.39 is 0 Å². The van der Waals surface area contributed by atoms with Crippen LogP contribution in [-0.2, 0) is 9.53 Å². The lowest BCUT2D eigenvalue weighted by Gasteiger charge is -2.21. The number of nitrogens with one attached hydrogen (secondary N) is 1. The molecule has 106 valence electrons. The molecule has 0 aliphatic carbocycles. The number of carbonyl (C=O) groups is 1. The number of anilines is 1. The molecule has 0 saturated carbocycles. The number of ether oxygens (including phenoxy) is 1. The predicted molar refractivity (Wildman–Crippen MR) is 77.3 cm³/mol. The van der Waals surface area contributed by atoms with Crippen molar-refractivity contribution in [2.24, 2.45) is 5.92 Å². The van der Waals surface area contributed by atoms with E-state index in [0.717, 1.165) is 36.3 Å². The third kappa shape index (κ3) is 3.83. The van der Waals surface area contributed by atoms with E-state index in [0.29, 0.717) is 6.61 Å². The van der Waals surface area contributed by atoms with Crippen molar-refractivity contribution in [3.63, 3.8) is 0 Å². The molecule has 1 amide bonds. The minimum absolute atomic E-state index is 0.0000624. The second-order valence-corrected chi connectivity index (χ2v) is 4.89. The Kier molecular flexibility index (Phi) is 5.16. The molecule has 0 spiro atoms. The third-order valence-corrected chi connectivity index (χ3v) is 3.34. The van der Waals surface area contributed by atoms with E-state index in [9.17, 15) is 4.79 Å². The van der Waals surface area contributed by atoms with Gasteiger partial charge in [-0.05, 0) is 37.5 Å². The van der Waals surface area contributed by atoms with Gasteiger partial charge >= 0.3 is 0 Å². The summed E-state index contributed by atoms with van der Waals surface area (Å²) in [6, 6.07) is 5.62. The summed E-state index contributed by atoms with van der Waals surface area (Å²) in [5.41, 5.74) is 2.54. The Balaban J connectivity index is 2.09. The minimum Gasteiger partial charge on any atom is -0.384 e. The second-order valence-electron chi connectivity index (χ2n) is 4.89. The fraction of sp³-hybridized carbons (Fsp3) is 0.438. The van der Waals surface area contributed by atoms with Crippen LogP contribution in [0, 0.1) is 24.7 Å². The van der Waals surface area contributed by atoms with Crippen molar-refractivity contribution in [2.45, 2.75) is 19.8 Å². The molecule has 4 heteroatoms. The SMILES string of the molecule is Cc1ccc(C#CCO)cc1NC(=O)C1CCCOC1. The van der Waals surface area contributed by atoms with Crippen LogP contribution in [0.2, 0.25) is 0 Å². The molecular formula is C16H19NO3. The van der Waals surface area contributed by atoms with Crippen LogP contribution in [0.4, 0.5) is 5.69 Å². The van der Waals surface area contributed by atoms with Gasteiger partial charge in [0.1, 0.15) is 6.61 Å². The lowest BCUT2D eigenvalue weighted by Crippen LogP contribution is -2.30. The molecule has 2 N–H and O–H groups in total. The average Bonchev–Trinajstić information content (AvgIpc) is 2.49. The second kappa shape index (κ2) is 7.09. The molecule has 1 unspecified atom stereocenters. The van der Waals surface area contributed by atoms with E-state index >= 15 is 0 Å². The maximum atomic E-state index is 12.2. The Bertz CT molecular complexity index is 536. The van der Waals surface area contributed by atoms with Crippen molar-refractivity contribution < 1.29 is 14.6 Å². The van der Waals surface area contributed by atoms with E-state index in [2.05, 4.69) is 17.2 Å². The highest BCUT2D eigenvalue weighted by Gasteiger charge is 2.22. The molecule has 1 atom stereocenters. The lowest BCUT2D eigenvalue weighted by molar-refractivity contribution is -0.123. The summed E-state index contributed by atoms with van der Waals surface area (Å²) >= 11 is 0. The monoisotopic (exact) mass is 273 g/mol. The quantitative estimate of drug-likeness (QED) is 0.806. The van der Waals surface area contributed by atoms with E-state index in [4.69, 9.17) is 9.84 Å². The van der Waals surface area contributed by atoms with Crippen molar-refractivity contribution in [3.8, 4) is 11.8 Å². The van der Waals surface area contributed by atoms with E-state index in [-0.39, 0.29) is 18.4 Å². The molecule has 1 aromatic carbocycles. The van der Waals surface area contributed by atoms with Crippen LogP contribution in [-0.4, -0.2) is 30.8 Å². The van der Waals surface area contributed by atoms with Gasteiger partial charge in [-0.1, -0.05) is 17.9 Å². The molecular weight excluding hydrogens is 254 g/mol. The van der Waals surface area contributed by atoms with Crippen LogP contribution in [0.25, 0.3) is 0 Å². The Labute approximate surface area is 119 Å². The van der Waals surface area contributed by atoms with Crippen LogP contribution >= 0.6 is 0 Å². The Morgan fingerprint density at radius 3 is 3.10 bits per heavy atom. The average molecular weight is 273 g/mol. The first-order chi connectivity index (χ1) is 9.70. The normalized spacial score (nSPS) is 18.0. The number of benzene rings is 1. The van der Waals surface area contributed by atoms with Gasteiger partial charge in [0.25, 0.3) is 0 Å². The summed E-state index contributed by atoms with van der Waals surface area (Å²) < 4.78 is 5.34. The van der Waals surface area contributed by atoms with Crippen LogP contribution < -0.4 is 5.32 Å². The zero-order chi connectivity index (χ0) is 14.4. The molecule has 0 aromatic heterocycles. The molecule has 1 saturated heterocycles. The van der Waals surface area contributed by atoms with Gasteiger partial charge in [0.15, 0.2) is 0 Å². The van der Waals surface area contributed by atoms with Crippen molar-refractivity contribution >= 4 is 11.6 Å². The summed E-state index contributed by atoms with van der Waals surface area (Å²) in [6.45, 7) is 3.01. The van der Waals surface area contributed by atoms with Crippen molar-refractivity contribution in [2.75, 3.05) is 25.1 Å². The smallest absolute Gasteiger partial charge is 0.229 e. The Morgan fingerprint density at radius 2 is 2.40 bits per heavy atom. The van der Waals surface area contributed by atoms with Gasteiger partial charge in [0, 0.05) is 17.9 Å². The molecule has 20 heavy (non-hydrogen) atoms. The summed E-state index contributed by atoms with van der Waals surface area (Å²) in [6.07, 6.45) is 1.80. The number of aliphatic hydroxyl groups is 1. The molecule has 0 bridgehead atoms. The molecule has 0 radical (unpaired) electrons. The topological polar surface area (TPSA) is 58.6 Å². The number of hydrogen-bond donors (Lipinski definition) is 2. The van der Waals surface area contributed by atoms with Crippen molar-refractivity contribution in [1.29, 1.82) is 0 Å². The third-order valence-electron chi connectivity index (χ3n) is 3.34. The van der Waals surface area contributed by atoms with Gasteiger partial charge in [-0.25, -0.2) is 0 Å². The number of aliphatic hydroxyl groups excluding tert-OH is 1. The van der Waals surface area contributed by atoms with E-state index in [1.54, 1.807) is 0 Å². The van der Waals surface area contributed by atoms with Crippen LogP contribution in [0.3, 0.4) is 0 Å². The Morgan fingerprint density at radius 1 is 1.55 bits per heavy atom. The molecule has 1 aliphatic rings. The van der Waals surface area contributed by atoms with Crippen molar-refractivity contribution in [1.82, 2.24) is 0 Å². The highest BCUT2D eigenvalue weighted by Crippen LogP contribution is 2.20. The van der Waals surface area contributed by atoms with Crippen LogP contribution in [0.15, 0.2) is 18.2 Å². The zero-order valence-corrected chi connectivity index (χ0v) is 11.6. The number of carbonyl (C=O) groups excluding carboxylic acids is 1. The molecule has 1 fully saturated rings. The van der Waals surface area contributed by atoms with Gasteiger partial charge in [-0.2, -0.15) is 0 Å². The maximum absolute atomic E-state index is 12.2. The Hall–Kier alpha value is -1.83. The molecule has 1 aliphatic heterocycles. The highest BCUT2D eigenvalue weighted by atomic mass is 16.5. The summed E-state index contributed by atoms with van der Waals surface area (Å²) in [5.74, 6) is 5.37. The van der Waals surface area contributed by atoms with Gasteiger partial charge in [-0.15, -0.1) is 0 Å². The first kappa shape index (κ1) is 14.6. The van der Waals surface area contributed by atoms with E-state index in [1.807, 2.05) is 25.1 Å². The number of rotatable bonds is 2. The summed E-state index contributed by atoms with van der Waals surface area (Å²) in [5, 5.41) is 11.7. The number of amides is 1. The number of hydrogen-bond acceptors (Lipinski definition) is 3. The van der Waals surface area contributed by atoms with Gasteiger partial charge in [0.05, 0.1) is 12.5 Å². The van der Waals surface area contributed by atoms with Gasteiger partial charge in [0.2, 0.25) is 5.91 Å².